The summed E-state index contributed by atoms with van der Waals surface area (Å²) < 4.78 is 30.5. The van der Waals surface area contributed by atoms with Crippen LogP contribution >= 0.6 is 0 Å². The van der Waals surface area contributed by atoms with Gasteiger partial charge in [0.05, 0.1) is 25.9 Å². The van der Waals surface area contributed by atoms with Crippen molar-refractivity contribution in [3.8, 4) is 5.75 Å². The van der Waals surface area contributed by atoms with Gasteiger partial charge in [0.15, 0.2) is 11.6 Å². The molecule has 0 radical (unpaired) electrons. The van der Waals surface area contributed by atoms with E-state index in [1.54, 1.807) is 12.1 Å². The maximum Gasteiger partial charge on any atom is 0.165 e. The molecule has 0 saturated carbocycles. The van der Waals surface area contributed by atoms with E-state index in [-0.39, 0.29) is 17.7 Å². The number of halogens is 1. The summed E-state index contributed by atoms with van der Waals surface area (Å²) in [7, 11) is 0. The lowest BCUT2D eigenvalue weighted by Crippen LogP contribution is -2.50. The van der Waals surface area contributed by atoms with E-state index < -0.39 is 6.10 Å². The molecule has 146 valence electrons. The highest BCUT2D eigenvalue weighted by molar-refractivity contribution is 5.29. The van der Waals surface area contributed by atoms with Crippen LogP contribution in [0.1, 0.15) is 5.56 Å². The predicted molar refractivity (Wildman–Crippen MR) is 96.1 cm³/mol. The lowest BCUT2D eigenvalue weighted by atomic mass is 10.2. The van der Waals surface area contributed by atoms with E-state index in [0.717, 1.165) is 38.4 Å². The average molecular weight is 368 g/mol. The third-order valence-electron chi connectivity index (χ3n) is 4.78. The van der Waals surface area contributed by atoms with Gasteiger partial charge in [0.25, 0.3) is 0 Å². The highest BCUT2D eigenvalue weighted by Gasteiger charge is 2.24. The van der Waals surface area contributed by atoms with Crippen LogP contribution in [-0.2, 0) is 9.47 Å². The highest BCUT2D eigenvalue weighted by atomic mass is 19.1. The van der Waals surface area contributed by atoms with Crippen LogP contribution in [0.4, 0.5) is 4.39 Å². The number of ether oxygens (including phenoxy) is 3. The van der Waals surface area contributed by atoms with E-state index in [4.69, 9.17) is 14.2 Å². The van der Waals surface area contributed by atoms with Crippen LogP contribution in [0.2, 0.25) is 0 Å². The van der Waals surface area contributed by atoms with Gasteiger partial charge in [-0.3, -0.25) is 9.80 Å². The molecule has 0 aliphatic carbocycles. The quantitative estimate of drug-likeness (QED) is 0.772. The Morgan fingerprint density at radius 3 is 2.73 bits per heavy atom. The number of benzene rings is 1. The van der Waals surface area contributed by atoms with E-state index in [0.29, 0.717) is 32.8 Å². The Hall–Kier alpha value is -1.25. The van der Waals surface area contributed by atoms with Gasteiger partial charge in [-0.25, -0.2) is 4.39 Å². The molecule has 0 bridgehead atoms. The Morgan fingerprint density at radius 1 is 1.19 bits per heavy atom. The van der Waals surface area contributed by atoms with Gasteiger partial charge in [-0.15, -0.1) is 0 Å². The molecule has 7 heteroatoms. The maximum atomic E-state index is 13.8. The second-order valence-electron chi connectivity index (χ2n) is 7.06. The monoisotopic (exact) mass is 368 g/mol. The largest absolute Gasteiger partial charge is 0.488 e. The zero-order valence-corrected chi connectivity index (χ0v) is 15.4. The van der Waals surface area contributed by atoms with Crippen molar-refractivity contribution in [1.82, 2.24) is 9.80 Å². The summed E-state index contributed by atoms with van der Waals surface area (Å²) in [6.07, 6.45) is -0.527. The third kappa shape index (κ3) is 5.89. The lowest BCUT2D eigenvalue weighted by Gasteiger charge is -2.35. The van der Waals surface area contributed by atoms with Crippen LogP contribution in [0.15, 0.2) is 18.2 Å². The number of hydrogen-bond donors (Lipinski definition) is 1. The lowest BCUT2D eigenvalue weighted by molar-refractivity contribution is -0.0619. The molecule has 0 unspecified atom stereocenters. The van der Waals surface area contributed by atoms with Crippen LogP contribution < -0.4 is 4.74 Å². The van der Waals surface area contributed by atoms with E-state index in [9.17, 15) is 9.50 Å². The first-order chi connectivity index (χ1) is 12.6. The number of hydrogen-bond acceptors (Lipinski definition) is 6. The number of aliphatic hydroxyl groups excluding tert-OH is 1. The number of β-amino-alcohol motifs (C(OH)–C–C–N with tert-alkyl or cyclic N) is 1. The Labute approximate surface area is 154 Å². The fraction of sp³-hybridized carbons (Fsp3) is 0.684. The van der Waals surface area contributed by atoms with Gasteiger partial charge < -0.3 is 19.3 Å². The minimum atomic E-state index is -0.401. The first-order valence-electron chi connectivity index (χ1n) is 9.31. The van der Waals surface area contributed by atoms with Crippen molar-refractivity contribution in [3.05, 3.63) is 29.6 Å². The molecule has 2 heterocycles. The third-order valence-corrected chi connectivity index (χ3v) is 4.78. The molecule has 2 fully saturated rings. The molecule has 0 spiro atoms. The van der Waals surface area contributed by atoms with Gasteiger partial charge >= 0.3 is 0 Å². The molecule has 3 rings (SSSR count). The molecule has 1 aromatic carbocycles. The van der Waals surface area contributed by atoms with Crippen LogP contribution in [0.3, 0.4) is 0 Å². The van der Waals surface area contributed by atoms with Gasteiger partial charge in [-0.05, 0) is 24.6 Å². The molecule has 2 aliphatic rings. The van der Waals surface area contributed by atoms with Crippen LogP contribution in [0.5, 0.6) is 5.75 Å². The zero-order valence-electron chi connectivity index (χ0n) is 15.4. The summed E-state index contributed by atoms with van der Waals surface area (Å²) in [5.41, 5.74) is 0.957. The number of morpholine rings is 2. The normalized spacial score (nSPS) is 23.7. The van der Waals surface area contributed by atoms with Gasteiger partial charge in [-0.1, -0.05) is 6.07 Å². The topological polar surface area (TPSA) is 54.4 Å². The summed E-state index contributed by atoms with van der Waals surface area (Å²) in [6.45, 7) is 8.75. The SMILES string of the molecule is Cc1ccc(F)c(OC[C@H]2CN(C[C@H](O)CN3CCOCC3)CCO2)c1. The minimum Gasteiger partial charge on any atom is -0.488 e. The molecule has 0 aromatic heterocycles. The highest BCUT2D eigenvalue weighted by Crippen LogP contribution is 2.19. The molecule has 1 aromatic rings. The van der Waals surface area contributed by atoms with Crippen molar-refractivity contribution < 1.29 is 23.7 Å². The number of rotatable bonds is 7. The van der Waals surface area contributed by atoms with Crippen molar-refractivity contribution in [3.63, 3.8) is 0 Å². The summed E-state index contributed by atoms with van der Waals surface area (Å²) in [6, 6.07) is 4.83. The summed E-state index contributed by atoms with van der Waals surface area (Å²) in [5, 5.41) is 10.4. The average Bonchev–Trinajstić information content (AvgIpc) is 2.63. The van der Waals surface area contributed by atoms with Crippen molar-refractivity contribution in [2.75, 3.05) is 65.7 Å². The van der Waals surface area contributed by atoms with Gasteiger partial charge in [-0.2, -0.15) is 0 Å². The first-order valence-corrected chi connectivity index (χ1v) is 9.31. The zero-order chi connectivity index (χ0) is 18.4. The summed E-state index contributed by atoms with van der Waals surface area (Å²) >= 11 is 0. The first kappa shape index (κ1) is 19.5. The second kappa shape index (κ2) is 9.62. The molecule has 6 nitrogen and oxygen atoms in total. The Balaban J connectivity index is 1.42. The summed E-state index contributed by atoms with van der Waals surface area (Å²) in [5.74, 6) is -0.0951. The molecular formula is C19H29FN2O4. The molecular weight excluding hydrogens is 339 g/mol. The number of aliphatic hydroxyl groups is 1. The minimum absolute atomic E-state index is 0.126. The molecule has 2 aliphatic heterocycles. The molecule has 2 saturated heterocycles. The van der Waals surface area contributed by atoms with Crippen molar-refractivity contribution >= 4 is 0 Å². The van der Waals surface area contributed by atoms with Crippen molar-refractivity contribution in [1.29, 1.82) is 0 Å². The predicted octanol–water partition coefficient (Wildman–Crippen LogP) is 0.907. The van der Waals surface area contributed by atoms with E-state index in [2.05, 4.69) is 9.80 Å². The van der Waals surface area contributed by atoms with Gasteiger partial charge in [0.2, 0.25) is 0 Å². The molecule has 2 atom stereocenters. The molecule has 1 N–H and O–H groups in total. The number of nitrogens with zero attached hydrogens (tertiary/aromatic N) is 2. The number of aryl methyl sites for hydroxylation is 1. The van der Waals surface area contributed by atoms with Crippen molar-refractivity contribution in [2.45, 2.75) is 19.1 Å². The van der Waals surface area contributed by atoms with E-state index in [1.165, 1.54) is 6.07 Å². The Bertz CT molecular complexity index is 568. The summed E-state index contributed by atoms with van der Waals surface area (Å²) in [4.78, 5) is 4.42. The fourth-order valence-corrected chi connectivity index (χ4v) is 3.39. The van der Waals surface area contributed by atoms with E-state index >= 15 is 0 Å². The van der Waals surface area contributed by atoms with Crippen LogP contribution in [0.25, 0.3) is 0 Å². The Kier molecular flexibility index (Phi) is 7.22. The maximum absolute atomic E-state index is 13.8. The smallest absolute Gasteiger partial charge is 0.165 e. The van der Waals surface area contributed by atoms with E-state index in [1.807, 2.05) is 6.92 Å². The van der Waals surface area contributed by atoms with Crippen molar-refractivity contribution in [2.24, 2.45) is 0 Å². The van der Waals surface area contributed by atoms with Crippen LogP contribution in [-0.4, -0.2) is 92.8 Å². The van der Waals surface area contributed by atoms with Gasteiger partial charge in [0.1, 0.15) is 12.7 Å². The van der Waals surface area contributed by atoms with Gasteiger partial charge in [0, 0.05) is 39.3 Å². The molecule has 26 heavy (non-hydrogen) atoms. The Morgan fingerprint density at radius 2 is 1.92 bits per heavy atom. The standard InChI is InChI=1S/C19H29FN2O4/c1-15-2-3-18(20)19(10-15)26-14-17-13-22(6-9-25-17)12-16(23)11-21-4-7-24-8-5-21/h2-3,10,16-17,23H,4-9,11-14H2,1H3/t16-,17-/m1/s1. The molecule has 0 amide bonds. The van der Waals surface area contributed by atoms with Crippen LogP contribution in [0, 0.1) is 12.7 Å². The second-order valence-corrected chi connectivity index (χ2v) is 7.06. The fourth-order valence-electron chi connectivity index (χ4n) is 3.39.